The van der Waals surface area contributed by atoms with Crippen molar-refractivity contribution in [2.75, 3.05) is 5.32 Å². The average molecular weight is 295 g/mol. The van der Waals surface area contributed by atoms with E-state index in [1.165, 1.54) is 0 Å². The number of aromatic hydroxyl groups is 1. The summed E-state index contributed by atoms with van der Waals surface area (Å²) in [5.74, 6) is 0.277. The van der Waals surface area contributed by atoms with Crippen LogP contribution in [0.3, 0.4) is 0 Å². The molecule has 2 N–H and O–H groups in total. The first-order chi connectivity index (χ1) is 10.6. The van der Waals surface area contributed by atoms with E-state index in [0.717, 1.165) is 42.5 Å². The number of carbonyl (C=O) groups excluding carboxylic acids is 1. The molecular formula is C19H21NO2. The van der Waals surface area contributed by atoms with Crippen LogP contribution in [0.15, 0.2) is 48.5 Å². The molecule has 3 nitrogen and oxygen atoms in total. The standard InChI is InChI=1S/C19H21NO2/c1-14-13-16(21)9-10-17(14)20-18(22)19(11-5-6-12-19)15-7-3-2-4-8-15/h2-4,7-10,13,21H,5-6,11-12H2,1H3,(H,20,22). The molecule has 1 saturated carbocycles. The monoisotopic (exact) mass is 295 g/mol. The fourth-order valence-corrected chi connectivity index (χ4v) is 3.41. The third kappa shape index (κ3) is 2.59. The minimum atomic E-state index is -0.425. The van der Waals surface area contributed by atoms with E-state index < -0.39 is 5.41 Å². The smallest absolute Gasteiger partial charge is 0.235 e. The molecule has 0 spiro atoms. The fourth-order valence-electron chi connectivity index (χ4n) is 3.41. The molecule has 2 aromatic rings. The van der Waals surface area contributed by atoms with Crippen LogP contribution in [0.25, 0.3) is 0 Å². The van der Waals surface area contributed by atoms with Gasteiger partial charge in [-0.3, -0.25) is 4.79 Å². The quantitative estimate of drug-likeness (QED) is 0.836. The summed E-state index contributed by atoms with van der Waals surface area (Å²) in [6, 6.07) is 15.1. The Labute approximate surface area is 131 Å². The van der Waals surface area contributed by atoms with Crippen molar-refractivity contribution in [1.82, 2.24) is 0 Å². The van der Waals surface area contributed by atoms with Gasteiger partial charge in [0.1, 0.15) is 5.75 Å². The van der Waals surface area contributed by atoms with Gasteiger partial charge in [0.25, 0.3) is 0 Å². The van der Waals surface area contributed by atoms with E-state index >= 15 is 0 Å². The molecule has 1 aliphatic carbocycles. The summed E-state index contributed by atoms with van der Waals surface area (Å²) in [5, 5.41) is 12.6. The van der Waals surface area contributed by atoms with Crippen molar-refractivity contribution in [3.05, 3.63) is 59.7 Å². The molecule has 0 radical (unpaired) electrons. The summed E-state index contributed by atoms with van der Waals surface area (Å²) in [6.07, 6.45) is 3.94. The van der Waals surface area contributed by atoms with Crippen molar-refractivity contribution in [3.8, 4) is 5.75 Å². The summed E-state index contributed by atoms with van der Waals surface area (Å²) in [7, 11) is 0. The molecule has 0 aromatic heterocycles. The highest BCUT2D eigenvalue weighted by molar-refractivity contribution is 6.00. The van der Waals surface area contributed by atoms with Crippen LogP contribution in [0.4, 0.5) is 5.69 Å². The predicted molar refractivity (Wildman–Crippen MR) is 88.1 cm³/mol. The lowest BCUT2D eigenvalue weighted by Gasteiger charge is -2.28. The van der Waals surface area contributed by atoms with E-state index in [-0.39, 0.29) is 11.7 Å². The Morgan fingerprint density at radius 2 is 1.77 bits per heavy atom. The van der Waals surface area contributed by atoms with Gasteiger partial charge in [0, 0.05) is 5.69 Å². The molecule has 3 rings (SSSR count). The minimum Gasteiger partial charge on any atom is -0.508 e. The molecule has 0 aliphatic heterocycles. The summed E-state index contributed by atoms with van der Waals surface area (Å²) in [4.78, 5) is 13.0. The lowest BCUT2D eigenvalue weighted by Crippen LogP contribution is -2.38. The zero-order valence-electron chi connectivity index (χ0n) is 12.8. The number of aryl methyl sites for hydroxylation is 1. The van der Waals surface area contributed by atoms with E-state index in [9.17, 15) is 9.90 Å². The first-order valence-corrected chi connectivity index (χ1v) is 7.78. The van der Waals surface area contributed by atoms with Crippen molar-refractivity contribution >= 4 is 11.6 Å². The highest BCUT2D eigenvalue weighted by atomic mass is 16.3. The van der Waals surface area contributed by atoms with Crippen molar-refractivity contribution in [2.45, 2.75) is 38.0 Å². The van der Waals surface area contributed by atoms with Gasteiger partial charge in [-0.2, -0.15) is 0 Å². The van der Waals surface area contributed by atoms with E-state index in [4.69, 9.17) is 0 Å². The van der Waals surface area contributed by atoms with Gasteiger partial charge in [0.05, 0.1) is 5.41 Å². The number of hydrogen-bond donors (Lipinski definition) is 2. The van der Waals surface area contributed by atoms with Crippen LogP contribution in [-0.2, 0) is 10.2 Å². The van der Waals surface area contributed by atoms with Crippen LogP contribution in [0.2, 0.25) is 0 Å². The molecule has 0 heterocycles. The average Bonchev–Trinajstić information content (AvgIpc) is 3.02. The van der Waals surface area contributed by atoms with Gasteiger partial charge in [-0.25, -0.2) is 0 Å². The number of hydrogen-bond acceptors (Lipinski definition) is 2. The Morgan fingerprint density at radius 3 is 2.41 bits per heavy atom. The number of benzene rings is 2. The van der Waals surface area contributed by atoms with Gasteiger partial charge in [0.15, 0.2) is 0 Å². The van der Waals surface area contributed by atoms with E-state index in [2.05, 4.69) is 17.4 Å². The van der Waals surface area contributed by atoms with Gasteiger partial charge in [-0.15, -0.1) is 0 Å². The molecule has 0 unspecified atom stereocenters. The van der Waals surface area contributed by atoms with Gasteiger partial charge in [-0.05, 0) is 49.1 Å². The first kappa shape index (κ1) is 14.6. The van der Waals surface area contributed by atoms with Gasteiger partial charge in [-0.1, -0.05) is 43.2 Å². The molecule has 0 saturated heterocycles. The number of carbonyl (C=O) groups is 1. The maximum Gasteiger partial charge on any atom is 0.235 e. The minimum absolute atomic E-state index is 0.0602. The van der Waals surface area contributed by atoms with Crippen LogP contribution < -0.4 is 5.32 Å². The van der Waals surface area contributed by atoms with Crippen molar-refractivity contribution in [2.24, 2.45) is 0 Å². The molecule has 2 aromatic carbocycles. The zero-order valence-corrected chi connectivity index (χ0v) is 12.8. The first-order valence-electron chi connectivity index (χ1n) is 7.78. The summed E-state index contributed by atoms with van der Waals surface area (Å²) in [5.41, 5.74) is 2.31. The Bertz CT molecular complexity index is 673. The molecule has 0 atom stereocenters. The molecule has 1 fully saturated rings. The van der Waals surface area contributed by atoms with Gasteiger partial charge in [0.2, 0.25) is 5.91 Å². The van der Waals surface area contributed by atoms with Crippen molar-refractivity contribution in [1.29, 1.82) is 0 Å². The van der Waals surface area contributed by atoms with E-state index in [1.807, 2.05) is 25.1 Å². The fraction of sp³-hybridized carbons (Fsp3) is 0.316. The summed E-state index contributed by atoms with van der Waals surface area (Å²) < 4.78 is 0. The predicted octanol–water partition coefficient (Wildman–Crippen LogP) is 4.15. The Morgan fingerprint density at radius 1 is 1.09 bits per heavy atom. The SMILES string of the molecule is Cc1cc(O)ccc1NC(=O)C1(c2ccccc2)CCCC1. The largest absolute Gasteiger partial charge is 0.508 e. The van der Waals surface area contributed by atoms with Gasteiger partial charge < -0.3 is 10.4 Å². The van der Waals surface area contributed by atoms with E-state index in [1.54, 1.807) is 18.2 Å². The summed E-state index contributed by atoms with van der Waals surface area (Å²) >= 11 is 0. The number of rotatable bonds is 3. The Hall–Kier alpha value is -2.29. The van der Waals surface area contributed by atoms with Crippen LogP contribution in [0, 0.1) is 6.92 Å². The second kappa shape index (κ2) is 5.84. The maximum absolute atomic E-state index is 13.0. The van der Waals surface area contributed by atoms with Crippen LogP contribution in [0.5, 0.6) is 5.75 Å². The normalized spacial score (nSPS) is 16.4. The lowest BCUT2D eigenvalue weighted by molar-refractivity contribution is -0.121. The molecule has 1 amide bonds. The Balaban J connectivity index is 1.91. The summed E-state index contributed by atoms with van der Waals surface area (Å²) in [6.45, 7) is 1.89. The third-order valence-corrected chi connectivity index (χ3v) is 4.68. The van der Waals surface area contributed by atoms with Crippen LogP contribution in [-0.4, -0.2) is 11.0 Å². The molecule has 114 valence electrons. The number of phenolic OH excluding ortho intramolecular Hbond substituents is 1. The molecular weight excluding hydrogens is 274 g/mol. The molecule has 1 aliphatic rings. The molecule has 3 heteroatoms. The molecule has 22 heavy (non-hydrogen) atoms. The van der Waals surface area contributed by atoms with Crippen LogP contribution in [0.1, 0.15) is 36.8 Å². The maximum atomic E-state index is 13.0. The lowest BCUT2D eigenvalue weighted by atomic mass is 9.78. The van der Waals surface area contributed by atoms with Crippen molar-refractivity contribution < 1.29 is 9.90 Å². The number of amides is 1. The van der Waals surface area contributed by atoms with Crippen molar-refractivity contribution in [3.63, 3.8) is 0 Å². The topological polar surface area (TPSA) is 49.3 Å². The number of anilines is 1. The molecule has 0 bridgehead atoms. The number of phenols is 1. The number of nitrogens with one attached hydrogen (secondary N) is 1. The second-order valence-corrected chi connectivity index (χ2v) is 6.11. The van der Waals surface area contributed by atoms with Gasteiger partial charge >= 0.3 is 0 Å². The van der Waals surface area contributed by atoms with E-state index in [0.29, 0.717) is 0 Å². The highest BCUT2D eigenvalue weighted by Crippen LogP contribution is 2.42. The highest BCUT2D eigenvalue weighted by Gasteiger charge is 2.42. The Kier molecular flexibility index (Phi) is 3.88. The third-order valence-electron chi connectivity index (χ3n) is 4.68. The van der Waals surface area contributed by atoms with Crippen LogP contribution >= 0.6 is 0 Å². The zero-order chi connectivity index (χ0) is 15.6. The second-order valence-electron chi connectivity index (χ2n) is 6.11.